The van der Waals surface area contributed by atoms with Gasteiger partial charge in [-0.3, -0.25) is 0 Å². The first-order valence-corrected chi connectivity index (χ1v) is 8.40. The molecule has 2 aliphatic rings. The predicted octanol–water partition coefficient (Wildman–Crippen LogP) is 4.75. The molecule has 2 aromatic carbocycles. The molecule has 0 radical (unpaired) electrons. The minimum Gasteiger partial charge on any atom is -0.508 e. The number of fused-ring (bicyclic) bond motifs is 3. The lowest BCUT2D eigenvalue weighted by Gasteiger charge is -2.44. The van der Waals surface area contributed by atoms with E-state index in [1.165, 1.54) is 6.42 Å². The average molecular weight is 310 g/mol. The third-order valence-corrected chi connectivity index (χ3v) is 5.42. The maximum absolute atomic E-state index is 9.87. The van der Waals surface area contributed by atoms with Crippen molar-refractivity contribution < 1.29 is 14.9 Å². The van der Waals surface area contributed by atoms with Crippen molar-refractivity contribution in [2.45, 2.75) is 38.2 Å². The van der Waals surface area contributed by atoms with Crippen LogP contribution in [0.25, 0.3) is 0 Å². The maximum atomic E-state index is 9.87. The second kappa shape index (κ2) is 5.48. The first-order chi connectivity index (χ1) is 11.1. The van der Waals surface area contributed by atoms with Crippen LogP contribution in [0.3, 0.4) is 0 Å². The average Bonchev–Trinajstić information content (AvgIpc) is 2.55. The minimum absolute atomic E-state index is 0.0187. The second-order valence-electron chi connectivity index (χ2n) is 7.04. The van der Waals surface area contributed by atoms with Gasteiger partial charge in [-0.15, -0.1) is 0 Å². The first-order valence-electron chi connectivity index (χ1n) is 8.40. The number of phenols is 2. The summed E-state index contributed by atoms with van der Waals surface area (Å²) in [6.45, 7) is 2.31. The fourth-order valence-electron chi connectivity index (χ4n) is 4.26. The minimum atomic E-state index is 0.0187. The fraction of sp³-hybridized carbons (Fsp3) is 0.400. The van der Waals surface area contributed by atoms with Crippen molar-refractivity contribution in [3.8, 4) is 17.2 Å². The molecular formula is C20H22O3. The summed E-state index contributed by atoms with van der Waals surface area (Å²) >= 11 is 0. The molecule has 1 heterocycles. The van der Waals surface area contributed by atoms with E-state index in [-0.39, 0.29) is 11.9 Å². The largest absolute Gasteiger partial charge is 0.508 e. The highest BCUT2D eigenvalue weighted by Gasteiger charge is 2.42. The van der Waals surface area contributed by atoms with Crippen LogP contribution in [0, 0.1) is 11.8 Å². The predicted molar refractivity (Wildman–Crippen MR) is 88.8 cm³/mol. The summed E-state index contributed by atoms with van der Waals surface area (Å²) in [4.78, 5) is 0. The Bertz CT molecular complexity index is 707. The van der Waals surface area contributed by atoms with Gasteiger partial charge in [0.25, 0.3) is 0 Å². The Morgan fingerprint density at radius 2 is 1.70 bits per heavy atom. The molecule has 2 aromatic rings. The first kappa shape index (κ1) is 14.4. The number of rotatable bonds is 1. The summed E-state index contributed by atoms with van der Waals surface area (Å²) in [6, 6.07) is 12.8. The van der Waals surface area contributed by atoms with Crippen LogP contribution in [0.4, 0.5) is 0 Å². The molecule has 4 rings (SSSR count). The van der Waals surface area contributed by atoms with Gasteiger partial charge >= 0.3 is 0 Å². The molecule has 0 bridgehead atoms. The quantitative estimate of drug-likeness (QED) is 0.799. The van der Waals surface area contributed by atoms with Crippen molar-refractivity contribution in [3.05, 3.63) is 53.6 Å². The zero-order valence-electron chi connectivity index (χ0n) is 13.3. The van der Waals surface area contributed by atoms with Crippen LogP contribution < -0.4 is 4.74 Å². The van der Waals surface area contributed by atoms with Gasteiger partial charge in [0, 0.05) is 11.5 Å². The second-order valence-corrected chi connectivity index (χ2v) is 7.04. The number of hydrogen-bond donors (Lipinski definition) is 2. The SMILES string of the molecule is CC1CCC2C(c3ccc(O)cc3)Oc3ccc(O)cc3[C@H]2C1. The topological polar surface area (TPSA) is 49.7 Å². The molecule has 1 aliphatic heterocycles. The van der Waals surface area contributed by atoms with Gasteiger partial charge in [-0.1, -0.05) is 25.5 Å². The summed E-state index contributed by atoms with van der Waals surface area (Å²) in [5.74, 6) is 3.02. The standard InChI is InChI=1S/C20H22O3/c1-12-2-8-16-17(10-12)18-11-15(22)7-9-19(18)23-20(16)13-3-5-14(21)6-4-13/h3-7,9,11-12,16-17,20-22H,2,8,10H2,1H3/t12?,16?,17-,20?/m0/s1. The number of hydrogen-bond acceptors (Lipinski definition) is 3. The molecule has 2 N–H and O–H groups in total. The molecule has 120 valence electrons. The summed E-state index contributed by atoms with van der Waals surface area (Å²) in [5.41, 5.74) is 2.27. The summed E-state index contributed by atoms with van der Waals surface area (Å²) in [7, 11) is 0. The van der Waals surface area contributed by atoms with E-state index in [0.717, 1.165) is 29.7 Å². The molecule has 0 spiro atoms. The summed E-state index contributed by atoms with van der Waals surface area (Å²) < 4.78 is 6.32. The van der Waals surface area contributed by atoms with E-state index < -0.39 is 0 Å². The Hall–Kier alpha value is -2.16. The molecule has 0 amide bonds. The number of benzene rings is 2. The number of aromatic hydroxyl groups is 2. The third kappa shape index (κ3) is 2.54. The Morgan fingerprint density at radius 1 is 0.957 bits per heavy atom. The highest BCUT2D eigenvalue weighted by atomic mass is 16.5. The van der Waals surface area contributed by atoms with Crippen LogP contribution in [0.15, 0.2) is 42.5 Å². The van der Waals surface area contributed by atoms with Crippen molar-refractivity contribution >= 4 is 0 Å². The molecule has 0 aromatic heterocycles. The lowest BCUT2D eigenvalue weighted by atomic mass is 9.67. The highest BCUT2D eigenvalue weighted by molar-refractivity contribution is 5.45. The van der Waals surface area contributed by atoms with Crippen LogP contribution in [0.1, 0.15) is 49.3 Å². The molecular weight excluding hydrogens is 288 g/mol. The molecule has 4 atom stereocenters. The lowest BCUT2D eigenvalue weighted by Crippen LogP contribution is -2.34. The van der Waals surface area contributed by atoms with E-state index in [1.807, 2.05) is 24.3 Å². The van der Waals surface area contributed by atoms with Crippen LogP contribution in [0.5, 0.6) is 17.2 Å². The molecule has 23 heavy (non-hydrogen) atoms. The Morgan fingerprint density at radius 3 is 2.48 bits per heavy atom. The van der Waals surface area contributed by atoms with Gasteiger partial charge in [-0.25, -0.2) is 0 Å². The van der Waals surface area contributed by atoms with Crippen LogP contribution >= 0.6 is 0 Å². The highest BCUT2D eigenvalue weighted by Crippen LogP contribution is 2.54. The van der Waals surface area contributed by atoms with E-state index in [4.69, 9.17) is 4.74 Å². The van der Waals surface area contributed by atoms with Crippen LogP contribution in [0.2, 0.25) is 0 Å². The summed E-state index contributed by atoms with van der Waals surface area (Å²) in [5, 5.41) is 19.4. The van der Waals surface area contributed by atoms with Crippen molar-refractivity contribution in [1.29, 1.82) is 0 Å². The molecule has 1 fully saturated rings. The van der Waals surface area contributed by atoms with Gasteiger partial charge < -0.3 is 14.9 Å². The van der Waals surface area contributed by atoms with Gasteiger partial charge in [0.1, 0.15) is 23.4 Å². The van der Waals surface area contributed by atoms with Crippen molar-refractivity contribution in [1.82, 2.24) is 0 Å². The van der Waals surface area contributed by atoms with E-state index in [9.17, 15) is 10.2 Å². The van der Waals surface area contributed by atoms with Gasteiger partial charge in [0.05, 0.1) is 0 Å². The molecule has 0 saturated heterocycles. The van der Waals surface area contributed by atoms with Gasteiger partial charge in [-0.05, 0) is 60.6 Å². The normalized spacial score (nSPS) is 29.3. The molecule has 1 aliphatic carbocycles. The van der Waals surface area contributed by atoms with Crippen molar-refractivity contribution in [2.24, 2.45) is 11.8 Å². The zero-order valence-corrected chi connectivity index (χ0v) is 13.3. The van der Waals surface area contributed by atoms with Gasteiger partial charge in [0.2, 0.25) is 0 Å². The van der Waals surface area contributed by atoms with E-state index in [0.29, 0.717) is 23.5 Å². The van der Waals surface area contributed by atoms with E-state index in [2.05, 4.69) is 6.92 Å². The zero-order chi connectivity index (χ0) is 16.0. The molecule has 3 unspecified atom stereocenters. The number of phenolic OH excluding ortho intramolecular Hbond substituents is 2. The summed E-state index contributed by atoms with van der Waals surface area (Å²) in [6.07, 6.45) is 3.50. The fourth-order valence-corrected chi connectivity index (χ4v) is 4.26. The lowest BCUT2D eigenvalue weighted by molar-refractivity contribution is 0.0561. The van der Waals surface area contributed by atoms with Crippen LogP contribution in [-0.2, 0) is 0 Å². The third-order valence-electron chi connectivity index (χ3n) is 5.42. The van der Waals surface area contributed by atoms with Gasteiger partial charge in [-0.2, -0.15) is 0 Å². The van der Waals surface area contributed by atoms with E-state index in [1.54, 1.807) is 18.2 Å². The van der Waals surface area contributed by atoms with Crippen molar-refractivity contribution in [2.75, 3.05) is 0 Å². The molecule has 3 nitrogen and oxygen atoms in total. The smallest absolute Gasteiger partial charge is 0.127 e. The Balaban J connectivity index is 1.77. The monoisotopic (exact) mass is 310 g/mol. The maximum Gasteiger partial charge on any atom is 0.127 e. The van der Waals surface area contributed by atoms with Crippen LogP contribution in [-0.4, -0.2) is 10.2 Å². The molecule has 3 heteroatoms. The Kier molecular flexibility index (Phi) is 3.44. The Labute approximate surface area is 136 Å². The van der Waals surface area contributed by atoms with E-state index >= 15 is 0 Å². The number of ether oxygens (including phenoxy) is 1. The molecule has 1 saturated carbocycles. The van der Waals surface area contributed by atoms with Gasteiger partial charge in [0.15, 0.2) is 0 Å². The van der Waals surface area contributed by atoms with Crippen molar-refractivity contribution in [3.63, 3.8) is 0 Å².